The molecule has 0 fully saturated rings. The van der Waals surface area contributed by atoms with Gasteiger partial charge in [-0.25, -0.2) is 19.2 Å². The zero-order chi connectivity index (χ0) is 20.0. The van der Waals surface area contributed by atoms with Gasteiger partial charge in [0.05, 0.1) is 22.3 Å². The monoisotopic (exact) mass is 362 g/mol. The van der Waals surface area contributed by atoms with Crippen LogP contribution in [0.2, 0.25) is 0 Å². The minimum Gasteiger partial charge on any atom is -0.478 e. The first-order valence-corrected chi connectivity index (χ1v) is 6.76. The normalized spacial score (nSPS) is 9.54. The molecule has 0 saturated carbocycles. The zero-order valence-electron chi connectivity index (χ0n) is 13.0. The lowest BCUT2D eigenvalue weighted by Gasteiger charge is -2.01. The fourth-order valence-corrected chi connectivity index (χ4v) is 1.85. The van der Waals surface area contributed by atoms with Crippen LogP contribution < -0.4 is 11.5 Å². The number of carbonyl (C=O) groups is 4. The maximum Gasteiger partial charge on any atom is 0.336 e. The van der Waals surface area contributed by atoms with E-state index in [1.54, 1.807) is 0 Å². The number of nitrogens with two attached hydrogens (primary N) is 2. The Bertz CT molecular complexity index is 818. The van der Waals surface area contributed by atoms with Gasteiger partial charge in [0, 0.05) is 11.4 Å². The molecule has 10 heteroatoms. The maximum absolute atomic E-state index is 10.6. The van der Waals surface area contributed by atoms with Gasteiger partial charge in [-0.3, -0.25) is 0 Å². The van der Waals surface area contributed by atoms with Crippen molar-refractivity contribution in [2.24, 2.45) is 0 Å². The Kier molecular flexibility index (Phi) is 6.26. The topological polar surface area (TPSA) is 201 Å². The number of hydrogen-bond donors (Lipinski definition) is 6. The molecule has 26 heavy (non-hydrogen) atoms. The summed E-state index contributed by atoms with van der Waals surface area (Å²) in [6.07, 6.45) is 0. The number of aromatic carboxylic acids is 4. The summed E-state index contributed by atoms with van der Waals surface area (Å²) in [5.41, 5.74) is 9.95. The first-order valence-electron chi connectivity index (χ1n) is 6.76. The highest BCUT2D eigenvalue weighted by molar-refractivity contribution is 6.03. The molecule has 0 atom stereocenters. The molecule has 0 bridgehead atoms. The lowest BCUT2D eigenvalue weighted by atomic mass is 10.1. The van der Waals surface area contributed by atoms with Gasteiger partial charge in [-0.2, -0.15) is 0 Å². The molecular formula is C16H14N2O8. The van der Waals surface area contributed by atoms with Crippen LogP contribution in [-0.2, 0) is 0 Å². The highest BCUT2D eigenvalue weighted by Gasteiger charge is 2.16. The van der Waals surface area contributed by atoms with E-state index in [1.807, 2.05) is 0 Å². The summed E-state index contributed by atoms with van der Waals surface area (Å²) in [5.74, 6) is -5.16. The van der Waals surface area contributed by atoms with Gasteiger partial charge < -0.3 is 31.9 Å². The van der Waals surface area contributed by atoms with E-state index >= 15 is 0 Å². The quantitative estimate of drug-likeness (QED) is 0.431. The van der Waals surface area contributed by atoms with E-state index in [4.69, 9.17) is 31.9 Å². The fraction of sp³-hybridized carbons (Fsp3) is 0. The Labute approximate surface area is 145 Å². The van der Waals surface area contributed by atoms with E-state index in [9.17, 15) is 19.2 Å². The van der Waals surface area contributed by atoms with E-state index in [0.29, 0.717) is 0 Å². The highest BCUT2D eigenvalue weighted by Crippen LogP contribution is 2.14. The molecule has 0 spiro atoms. The second-order valence-electron chi connectivity index (χ2n) is 4.83. The van der Waals surface area contributed by atoms with Crippen molar-refractivity contribution in [3.05, 3.63) is 58.7 Å². The minimum atomic E-state index is -1.30. The first kappa shape index (κ1) is 20.0. The van der Waals surface area contributed by atoms with Gasteiger partial charge in [0.2, 0.25) is 0 Å². The van der Waals surface area contributed by atoms with Crippen LogP contribution >= 0.6 is 0 Å². The van der Waals surface area contributed by atoms with Gasteiger partial charge in [-0.15, -0.1) is 0 Å². The molecule has 0 amide bonds. The number of nitrogen functional groups attached to an aromatic ring is 2. The summed E-state index contributed by atoms with van der Waals surface area (Å²) < 4.78 is 0. The number of rotatable bonds is 4. The van der Waals surface area contributed by atoms with Crippen LogP contribution in [0.4, 0.5) is 11.4 Å². The van der Waals surface area contributed by atoms with Gasteiger partial charge in [-0.05, 0) is 36.4 Å². The van der Waals surface area contributed by atoms with Crippen molar-refractivity contribution < 1.29 is 39.6 Å². The molecule has 0 radical (unpaired) electrons. The highest BCUT2D eigenvalue weighted by atomic mass is 16.4. The van der Waals surface area contributed by atoms with Crippen LogP contribution in [0.15, 0.2) is 36.4 Å². The van der Waals surface area contributed by atoms with Crippen molar-refractivity contribution in [1.82, 2.24) is 0 Å². The Morgan fingerprint density at radius 2 is 0.808 bits per heavy atom. The minimum absolute atomic E-state index is 0.224. The Morgan fingerprint density at radius 3 is 1.04 bits per heavy atom. The van der Waals surface area contributed by atoms with Crippen LogP contribution in [0.3, 0.4) is 0 Å². The molecule has 0 aliphatic rings. The van der Waals surface area contributed by atoms with Gasteiger partial charge in [0.1, 0.15) is 0 Å². The van der Waals surface area contributed by atoms with Gasteiger partial charge in [0.25, 0.3) is 0 Å². The smallest absolute Gasteiger partial charge is 0.336 e. The van der Waals surface area contributed by atoms with E-state index in [1.165, 1.54) is 24.3 Å². The predicted molar refractivity (Wildman–Crippen MR) is 89.5 cm³/mol. The molecule has 8 N–H and O–H groups in total. The molecular weight excluding hydrogens is 348 g/mol. The number of carboxylic acids is 4. The first-order chi connectivity index (χ1) is 12.0. The SMILES string of the molecule is Nc1ccc(C(=O)O)c(C(=O)O)c1.Nc1ccc(C(=O)O)c(C(=O)O)c1. The second kappa shape index (κ2) is 8.15. The van der Waals surface area contributed by atoms with Crippen LogP contribution in [0.5, 0.6) is 0 Å². The van der Waals surface area contributed by atoms with Crippen LogP contribution in [0.1, 0.15) is 41.4 Å². The average molecular weight is 362 g/mol. The summed E-state index contributed by atoms with van der Waals surface area (Å²) in [5, 5.41) is 34.4. The molecule has 2 rings (SSSR count). The van der Waals surface area contributed by atoms with Crippen molar-refractivity contribution in [2.45, 2.75) is 0 Å². The van der Waals surface area contributed by atoms with Crippen molar-refractivity contribution in [1.29, 1.82) is 0 Å². The molecule has 2 aromatic carbocycles. The van der Waals surface area contributed by atoms with Crippen LogP contribution in [0.25, 0.3) is 0 Å². The number of carboxylic acid groups (broad SMARTS) is 4. The lowest BCUT2D eigenvalue weighted by molar-refractivity contribution is 0.0651. The molecule has 2 aromatic rings. The molecule has 10 nitrogen and oxygen atoms in total. The van der Waals surface area contributed by atoms with Crippen LogP contribution in [0, 0.1) is 0 Å². The average Bonchev–Trinajstić information content (AvgIpc) is 2.54. The third kappa shape index (κ3) is 4.96. The number of anilines is 2. The maximum atomic E-state index is 10.6. The summed E-state index contributed by atoms with van der Waals surface area (Å²) in [6, 6.07) is 7.26. The molecule has 0 aliphatic heterocycles. The molecule has 136 valence electrons. The Balaban J connectivity index is 0.000000260. The van der Waals surface area contributed by atoms with Crippen molar-refractivity contribution in [3.8, 4) is 0 Å². The zero-order valence-corrected chi connectivity index (χ0v) is 13.0. The lowest BCUT2D eigenvalue weighted by Crippen LogP contribution is -2.08. The second-order valence-corrected chi connectivity index (χ2v) is 4.83. The Morgan fingerprint density at radius 1 is 0.538 bits per heavy atom. The van der Waals surface area contributed by atoms with E-state index < -0.39 is 23.9 Å². The molecule has 0 heterocycles. The van der Waals surface area contributed by atoms with Crippen molar-refractivity contribution in [2.75, 3.05) is 11.5 Å². The molecule has 0 aliphatic carbocycles. The third-order valence-corrected chi connectivity index (χ3v) is 3.01. The number of hydrogen-bond acceptors (Lipinski definition) is 6. The Hall–Kier alpha value is -4.08. The number of benzene rings is 2. The summed E-state index contributed by atoms with van der Waals surface area (Å²) in [7, 11) is 0. The van der Waals surface area contributed by atoms with Crippen molar-refractivity contribution in [3.63, 3.8) is 0 Å². The van der Waals surface area contributed by atoms with Gasteiger partial charge in [-0.1, -0.05) is 0 Å². The van der Waals surface area contributed by atoms with E-state index in [0.717, 1.165) is 12.1 Å². The van der Waals surface area contributed by atoms with E-state index in [2.05, 4.69) is 0 Å². The van der Waals surface area contributed by atoms with Gasteiger partial charge >= 0.3 is 23.9 Å². The van der Waals surface area contributed by atoms with Crippen LogP contribution in [-0.4, -0.2) is 44.3 Å². The van der Waals surface area contributed by atoms with E-state index in [-0.39, 0.29) is 33.6 Å². The molecule has 0 unspecified atom stereocenters. The largest absolute Gasteiger partial charge is 0.478 e. The summed E-state index contributed by atoms with van der Waals surface area (Å²) in [4.78, 5) is 42.2. The standard InChI is InChI=1S/2C8H7NO4/c2*9-4-1-2-5(7(10)11)6(3-4)8(12)13/h2*1-3H,9H2,(H,10,11)(H,12,13). The van der Waals surface area contributed by atoms with Gasteiger partial charge in [0.15, 0.2) is 0 Å². The van der Waals surface area contributed by atoms with Crippen molar-refractivity contribution >= 4 is 35.3 Å². The molecule has 0 saturated heterocycles. The summed E-state index contributed by atoms with van der Waals surface area (Å²) >= 11 is 0. The summed E-state index contributed by atoms with van der Waals surface area (Å²) in [6.45, 7) is 0. The fourth-order valence-electron chi connectivity index (χ4n) is 1.85. The molecule has 0 aromatic heterocycles. The third-order valence-electron chi connectivity index (χ3n) is 3.01. The predicted octanol–water partition coefficient (Wildman–Crippen LogP) is 1.33.